The van der Waals surface area contributed by atoms with Gasteiger partial charge in [-0.15, -0.1) is 23.7 Å². The van der Waals surface area contributed by atoms with Crippen LogP contribution in [0.1, 0.15) is 83.1 Å². The van der Waals surface area contributed by atoms with Crippen molar-refractivity contribution in [3.05, 3.63) is 69.8 Å². The molecule has 14 heteroatoms. The summed E-state index contributed by atoms with van der Waals surface area (Å²) >= 11 is 1.28. The Morgan fingerprint density at radius 3 is 2.55 bits per heavy atom. The maximum Gasteiger partial charge on any atom is 0.273 e. The van der Waals surface area contributed by atoms with E-state index in [1.807, 2.05) is 51.1 Å². The lowest BCUT2D eigenvalue weighted by Crippen LogP contribution is -2.51. The zero-order valence-corrected chi connectivity index (χ0v) is 26.5. The largest absolute Gasteiger partial charge is 0.446 e. The number of rotatable bonds is 4. The summed E-state index contributed by atoms with van der Waals surface area (Å²) in [5, 5.41) is 14.3. The Kier molecular flexibility index (Phi) is 11.1. The minimum atomic E-state index is -0.671. The quantitative estimate of drug-likeness (QED) is 0.338. The molecule has 0 radical (unpaired) electrons. The van der Waals surface area contributed by atoms with E-state index in [0.717, 1.165) is 12.0 Å². The summed E-state index contributed by atoms with van der Waals surface area (Å²) in [5.41, 5.74) is 1.18. The number of carbonyl (C=O) groups excluding carboxylic acids is 4. The van der Waals surface area contributed by atoms with Gasteiger partial charge in [0.15, 0.2) is 5.69 Å². The van der Waals surface area contributed by atoms with E-state index in [0.29, 0.717) is 17.8 Å². The third-order valence-electron chi connectivity index (χ3n) is 7.63. The van der Waals surface area contributed by atoms with Gasteiger partial charge in [-0.05, 0) is 31.2 Å². The highest BCUT2D eigenvalue weighted by Crippen LogP contribution is 2.26. The van der Waals surface area contributed by atoms with Crippen LogP contribution in [0.5, 0.6) is 0 Å². The molecule has 44 heavy (non-hydrogen) atoms. The Hall–Kier alpha value is -3.81. The molecule has 4 amide bonds. The molecule has 4 atom stereocenters. The Morgan fingerprint density at radius 1 is 1.07 bits per heavy atom. The van der Waals surface area contributed by atoms with Gasteiger partial charge < -0.3 is 30.6 Å². The van der Waals surface area contributed by atoms with Crippen LogP contribution in [0.15, 0.2) is 46.4 Å². The Morgan fingerprint density at radius 2 is 1.84 bits per heavy atom. The van der Waals surface area contributed by atoms with Crippen LogP contribution in [0.4, 0.5) is 0 Å². The van der Waals surface area contributed by atoms with Gasteiger partial charge in [0.25, 0.3) is 11.8 Å². The molecule has 0 saturated carbocycles. The number of oxazole rings is 1. The number of nitrogens with one attached hydrogen (secondary N) is 4. The second-order valence-corrected chi connectivity index (χ2v) is 12.2. The molecule has 5 rings (SSSR count). The fourth-order valence-electron chi connectivity index (χ4n) is 5.28. The van der Waals surface area contributed by atoms with Crippen LogP contribution < -0.4 is 21.3 Å². The summed E-state index contributed by atoms with van der Waals surface area (Å²) < 4.78 is 5.69. The summed E-state index contributed by atoms with van der Waals surface area (Å²) in [6, 6.07) is 8.24. The fraction of sp³-hybridized carbons (Fsp3) is 0.467. The third kappa shape index (κ3) is 8.01. The monoisotopic (exact) mass is 643 g/mol. The van der Waals surface area contributed by atoms with E-state index < -0.39 is 29.9 Å². The average molecular weight is 644 g/mol. The normalized spacial score (nSPS) is 23.2. The molecule has 4 bridgehead atoms. The van der Waals surface area contributed by atoms with Crippen molar-refractivity contribution >= 4 is 47.4 Å². The summed E-state index contributed by atoms with van der Waals surface area (Å²) in [6.07, 6.45) is 3.16. The number of aromatic nitrogens is 2. The zero-order chi connectivity index (χ0) is 30.5. The molecule has 2 aliphatic heterocycles. The molecular weight excluding hydrogens is 606 g/mol. The van der Waals surface area contributed by atoms with Crippen molar-refractivity contribution in [2.75, 3.05) is 19.6 Å². The van der Waals surface area contributed by atoms with Crippen molar-refractivity contribution in [1.82, 2.24) is 36.1 Å². The molecule has 1 aromatic carbocycles. The van der Waals surface area contributed by atoms with Crippen LogP contribution in [-0.4, -0.2) is 70.2 Å². The topological polar surface area (TPSA) is 159 Å². The highest BCUT2D eigenvalue weighted by molar-refractivity contribution is 7.09. The van der Waals surface area contributed by atoms with Crippen LogP contribution in [0.3, 0.4) is 0 Å². The van der Waals surface area contributed by atoms with E-state index in [1.54, 1.807) is 5.38 Å². The number of nitrogens with zero attached hydrogens (tertiary/aromatic N) is 3. The molecule has 3 aromatic rings. The number of hydrogen-bond acceptors (Lipinski definition) is 9. The summed E-state index contributed by atoms with van der Waals surface area (Å²) in [4.78, 5) is 63.5. The Bertz CT molecular complexity index is 1460. The molecule has 236 valence electrons. The van der Waals surface area contributed by atoms with Crippen molar-refractivity contribution in [2.24, 2.45) is 5.92 Å². The predicted molar refractivity (Wildman–Crippen MR) is 166 cm³/mol. The summed E-state index contributed by atoms with van der Waals surface area (Å²) in [7, 11) is 0. The molecule has 2 aliphatic rings. The lowest BCUT2D eigenvalue weighted by molar-refractivity contribution is -0.137. The van der Waals surface area contributed by atoms with Gasteiger partial charge in [0, 0.05) is 30.9 Å². The number of amides is 4. The van der Waals surface area contributed by atoms with Crippen LogP contribution in [-0.2, 0) is 16.0 Å². The molecular formula is C30H38ClN7O5S. The van der Waals surface area contributed by atoms with E-state index in [-0.39, 0.29) is 73.1 Å². The van der Waals surface area contributed by atoms with Crippen molar-refractivity contribution in [1.29, 1.82) is 0 Å². The average Bonchev–Trinajstić information content (AvgIpc) is 3.76. The van der Waals surface area contributed by atoms with Gasteiger partial charge in [0.2, 0.25) is 17.7 Å². The highest BCUT2D eigenvalue weighted by atomic mass is 35.5. The summed E-state index contributed by atoms with van der Waals surface area (Å²) in [5.74, 6) is -1.31. The number of fused-ring (bicyclic) bond motifs is 4. The van der Waals surface area contributed by atoms with Gasteiger partial charge in [-0.1, -0.05) is 44.2 Å². The minimum Gasteiger partial charge on any atom is -0.446 e. The molecule has 4 N–H and O–H groups in total. The first-order valence-corrected chi connectivity index (χ1v) is 15.4. The molecule has 0 spiro atoms. The minimum absolute atomic E-state index is 0. The van der Waals surface area contributed by atoms with E-state index >= 15 is 0 Å². The number of hydrogen-bond donors (Lipinski definition) is 4. The van der Waals surface area contributed by atoms with Crippen molar-refractivity contribution < 1.29 is 23.6 Å². The first-order valence-electron chi connectivity index (χ1n) is 14.6. The van der Waals surface area contributed by atoms with Crippen molar-refractivity contribution in [2.45, 2.75) is 64.2 Å². The lowest BCUT2D eigenvalue weighted by atomic mass is 10.0. The first-order chi connectivity index (χ1) is 20.7. The Balaban J connectivity index is 0.00000442. The Labute approximate surface area is 266 Å². The summed E-state index contributed by atoms with van der Waals surface area (Å²) in [6.45, 7) is 5.99. The van der Waals surface area contributed by atoms with Gasteiger partial charge >= 0.3 is 0 Å². The standard InChI is InChI=1S/C30H37N7O5S.ClH/c1-17(2)25-29-35-23(16-43-29)27(40)33-21(13-19-7-5-4-6-8-19)28-34-22(15-42-28)26(39)31-11-12-37(14-24(38)36-25)30(41)20-10-9-18(3)32-20;/h4-8,15-18,20-21,25,32H,9-14H2,1-3H3,(H,31,39)(H,33,40)(H,36,38);1H/t18-,20-,21-,25-;/m0./s1. The number of thiazole rings is 1. The molecule has 1 fully saturated rings. The fourth-order valence-corrected chi connectivity index (χ4v) is 6.30. The zero-order valence-electron chi connectivity index (χ0n) is 24.9. The van der Waals surface area contributed by atoms with Gasteiger partial charge in [-0.3, -0.25) is 19.2 Å². The second-order valence-electron chi connectivity index (χ2n) is 11.4. The molecule has 1 saturated heterocycles. The van der Waals surface area contributed by atoms with Crippen LogP contribution in [0.2, 0.25) is 0 Å². The van der Waals surface area contributed by atoms with E-state index in [9.17, 15) is 19.2 Å². The molecule has 12 nitrogen and oxygen atoms in total. The molecule has 4 heterocycles. The van der Waals surface area contributed by atoms with Crippen LogP contribution in [0, 0.1) is 5.92 Å². The van der Waals surface area contributed by atoms with Crippen molar-refractivity contribution in [3.8, 4) is 0 Å². The van der Waals surface area contributed by atoms with Gasteiger partial charge in [-0.25, -0.2) is 9.97 Å². The lowest BCUT2D eigenvalue weighted by Gasteiger charge is -2.27. The third-order valence-corrected chi connectivity index (χ3v) is 8.56. The maximum absolute atomic E-state index is 13.4. The number of carbonyl (C=O) groups is 4. The molecule has 0 aliphatic carbocycles. The number of halogens is 1. The first kappa shape index (κ1) is 33.1. The van der Waals surface area contributed by atoms with Crippen molar-refractivity contribution in [3.63, 3.8) is 0 Å². The van der Waals surface area contributed by atoms with Gasteiger partial charge in [-0.2, -0.15) is 0 Å². The smallest absolute Gasteiger partial charge is 0.273 e. The van der Waals surface area contributed by atoms with E-state index in [2.05, 4.69) is 31.2 Å². The van der Waals surface area contributed by atoms with E-state index in [4.69, 9.17) is 4.42 Å². The SMILES string of the molecule is CC(C)[C@@H]1NC(=O)CN(C(=O)[C@@H]2CC[C@H](C)N2)CCNC(=O)c2coc(n2)[C@H](Cc2ccccc2)NC(=O)c2csc1n2.Cl. The number of benzene rings is 1. The van der Waals surface area contributed by atoms with Gasteiger partial charge in [0.1, 0.15) is 23.0 Å². The predicted octanol–water partition coefficient (Wildman–Crippen LogP) is 2.79. The van der Waals surface area contributed by atoms with E-state index in [1.165, 1.54) is 22.5 Å². The van der Waals surface area contributed by atoms with Crippen LogP contribution >= 0.6 is 23.7 Å². The van der Waals surface area contributed by atoms with Gasteiger partial charge in [0.05, 0.1) is 18.6 Å². The molecule has 2 aromatic heterocycles. The second kappa shape index (κ2) is 14.8. The van der Waals surface area contributed by atoms with Crippen LogP contribution in [0.25, 0.3) is 0 Å². The maximum atomic E-state index is 13.4. The molecule has 0 unspecified atom stereocenters. The highest BCUT2D eigenvalue weighted by Gasteiger charge is 2.32.